The van der Waals surface area contributed by atoms with Gasteiger partial charge in [-0.3, -0.25) is 4.98 Å². The van der Waals surface area contributed by atoms with Gasteiger partial charge in [0.05, 0.1) is 17.8 Å². The molecule has 2 aromatic heterocycles. The average Bonchev–Trinajstić information content (AvgIpc) is 3.16. The number of aryl methyl sites for hydroxylation is 3. The quantitative estimate of drug-likeness (QED) is 0.608. The number of aromatic nitrogens is 3. The van der Waals surface area contributed by atoms with Crippen LogP contribution in [0, 0.1) is 20.8 Å². The fraction of sp³-hybridized carbons (Fsp3) is 0.429. The Morgan fingerprint density at radius 1 is 1.14 bits per heavy atom. The summed E-state index contributed by atoms with van der Waals surface area (Å²) in [7, 11) is 0. The molecule has 152 valence electrons. The monoisotopic (exact) mass is 411 g/mol. The number of carbonyl (C=O) groups is 1. The van der Waals surface area contributed by atoms with Crippen LogP contribution in [-0.4, -0.2) is 53.1 Å². The first-order chi connectivity index (χ1) is 14.0. The normalized spacial score (nSPS) is 14.5. The van der Waals surface area contributed by atoms with Crippen LogP contribution in [0.15, 0.2) is 18.3 Å². The molecule has 3 heterocycles. The Morgan fingerprint density at radius 2 is 1.86 bits per heavy atom. The van der Waals surface area contributed by atoms with E-state index in [2.05, 4.69) is 50.1 Å². The van der Waals surface area contributed by atoms with Crippen molar-refractivity contribution < 1.29 is 9.53 Å². The van der Waals surface area contributed by atoms with Crippen LogP contribution in [0.1, 0.15) is 34.2 Å². The van der Waals surface area contributed by atoms with Gasteiger partial charge in [0.1, 0.15) is 11.4 Å². The number of piperazine rings is 1. The number of anilines is 2. The number of ether oxygens (including phenoxy) is 1. The molecular weight excluding hydrogens is 386 g/mol. The van der Waals surface area contributed by atoms with Gasteiger partial charge in [-0.2, -0.15) is 4.37 Å². The van der Waals surface area contributed by atoms with E-state index < -0.39 is 0 Å². The Labute approximate surface area is 174 Å². The molecule has 0 saturated carbocycles. The lowest BCUT2D eigenvalue weighted by molar-refractivity contribution is 0.0527. The topological polar surface area (TPSA) is 71.5 Å². The second kappa shape index (κ2) is 7.94. The molecule has 1 saturated heterocycles. The van der Waals surface area contributed by atoms with E-state index in [0.717, 1.165) is 59.3 Å². The Morgan fingerprint density at radius 3 is 2.52 bits per heavy atom. The lowest BCUT2D eigenvalue weighted by atomic mass is 10.0. The molecule has 0 spiro atoms. The van der Waals surface area contributed by atoms with Crippen molar-refractivity contribution in [3.63, 3.8) is 0 Å². The Kier molecular flexibility index (Phi) is 5.36. The molecule has 0 aliphatic carbocycles. The second-order valence-corrected chi connectivity index (χ2v) is 7.97. The fourth-order valence-electron chi connectivity index (χ4n) is 3.73. The molecule has 0 radical (unpaired) electrons. The van der Waals surface area contributed by atoms with Gasteiger partial charge in [0.2, 0.25) is 5.13 Å². The van der Waals surface area contributed by atoms with Gasteiger partial charge < -0.3 is 14.5 Å². The number of hydrogen-bond acceptors (Lipinski definition) is 8. The van der Waals surface area contributed by atoms with Crippen LogP contribution in [-0.2, 0) is 4.74 Å². The van der Waals surface area contributed by atoms with Crippen LogP contribution in [0.4, 0.5) is 10.8 Å². The lowest BCUT2D eigenvalue weighted by Gasteiger charge is -2.37. The van der Waals surface area contributed by atoms with E-state index in [9.17, 15) is 4.79 Å². The first kappa shape index (κ1) is 19.6. The van der Waals surface area contributed by atoms with Gasteiger partial charge in [-0.25, -0.2) is 9.78 Å². The SMILES string of the molecule is CCOC(=O)c1cnc2c(C)c(C)ccc2c1N1CCN(c2nc(C)ns2)CC1. The predicted molar refractivity (Wildman–Crippen MR) is 116 cm³/mol. The number of fused-ring (bicyclic) bond motifs is 1. The number of nitrogens with zero attached hydrogens (tertiary/aromatic N) is 5. The molecular formula is C21H25N5O2S. The molecule has 1 aromatic carbocycles. The first-order valence-electron chi connectivity index (χ1n) is 9.85. The minimum Gasteiger partial charge on any atom is -0.462 e. The molecule has 1 aliphatic heterocycles. The highest BCUT2D eigenvalue weighted by Crippen LogP contribution is 2.34. The molecule has 0 amide bonds. The number of rotatable bonds is 4. The van der Waals surface area contributed by atoms with Crippen LogP contribution < -0.4 is 9.80 Å². The van der Waals surface area contributed by atoms with Crippen LogP contribution >= 0.6 is 11.5 Å². The summed E-state index contributed by atoms with van der Waals surface area (Å²) in [6, 6.07) is 4.17. The maximum absolute atomic E-state index is 12.7. The van der Waals surface area contributed by atoms with E-state index in [0.29, 0.717) is 12.2 Å². The maximum Gasteiger partial charge on any atom is 0.341 e. The standard InChI is InChI=1S/C21H25N5O2S/c1-5-28-20(27)17-12-22-18-14(3)13(2)6-7-16(18)19(17)25-8-10-26(11-9-25)21-23-15(4)24-29-21/h6-7,12H,5,8-11H2,1-4H3. The van der Waals surface area contributed by atoms with Crippen molar-refractivity contribution in [3.05, 3.63) is 40.8 Å². The van der Waals surface area contributed by atoms with Crippen molar-refractivity contribution in [2.24, 2.45) is 0 Å². The van der Waals surface area contributed by atoms with Crippen molar-refractivity contribution in [1.29, 1.82) is 0 Å². The summed E-state index contributed by atoms with van der Waals surface area (Å²) >= 11 is 1.44. The highest BCUT2D eigenvalue weighted by Gasteiger charge is 2.26. The molecule has 0 bridgehead atoms. The summed E-state index contributed by atoms with van der Waals surface area (Å²) in [4.78, 5) is 26.3. The predicted octanol–water partition coefficient (Wildman–Crippen LogP) is 3.51. The van der Waals surface area contributed by atoms with Gasteiger partial charge >= 0.3 is 5.97 Å². The van der Waals surface area contributed by atoms with Crippen LogP contribution in [0.2, 0.25) is 0 Å². The molecule has 1 aliphatic rings. The van der Waals surface area contributed by atoms with Gasteiger partial charge in [-0.1, -0.05) is 12.1 Å². The Hall–Kier alpha value is -2.74. The van der Waals surface area contributed by atoms with Crippen molar-refractivity contribution >= 4 is 39.2 Å². The van der Waals surface area contributed by atoms with Gasteiger partial charge in [0.15, 0.2) is 0 Å². The lowest BCUT2D eigenvalue weighted by Crippen LogP contribution is -2.47. The smallest absolute Gasteiger partial charge is 0.341 e. The summed E-state index contributed by atoms with van der Waals surface area (Å²) in [5.41, 5.74) is 4.72. The molecule has 0 unspecified atom stereocenters. The molecule has 0 N–H and O–H groups in total. The van der Waals surface area contributed by atoms with Gasteiger partial charge in [-0.15, -0.1) is 0 Å². The molecule has 7 nitrogen and oxygen atoms in total. The van der Waals surface area contributed by atoms with E-state index in [1.807, 2.05) is 13.8 Å². The van der Waals surface area contributed by atoms with Gasteiger partial charge in [0, 0.05) is 49.3 Å². The van der Waals surface area contributed by atoms with Crippen LogP contribution in [0.3, 0.4) is 0 Å². The van der Waals surface area contributed by atoms with Crippen molar-refractivity contribution in [2.45, 2.75) is 27.7 Å². The van der Waals surface area contributed by atoms with Gasteiger partial charge in [-0.05, 0) is 38.8 Å². The largest absolute Gasteiger partial charge is 0.462 e. The Balaban J connectivity index is 1.72. The molecule has 4 rings (SSSR count). The molecule has 29 heavy (non-hydrogen) atoms. The van der Waals surface area contributed by atoms with Crippen LogP contribution in [0.5, 0.6) is 0 Å². The third-order valence-electron chi connectivity index (χ3n) is 5.41. The third kappa shape index (κ3) is 3.64. The zero-order valence-electron chi connectivity index (χ0n) is 17.2. The third-order valence-corrected chi connectivity index (χ3v) is 6.28. The van der Waals surface area contributed by atoms with E-state index in [1.54, 1.807) is 6.20 Å². The second-order valence-electron chi connectivity index (χ2n) is 7.24. The Bertz CT molecular complexity index is 1060. The first-order valence-corrected chi connectivity index (χ1v) is 10.6. The van der Waals surface area contributed by atoms with E-state index in [4.69, 9.17) is 4.74 Å². The molecule has 3 aromatic rings. The fourth-order valence-corrected chi connectivity index (χ4v) is 4.45. The zero-order valence-corrected chi connectivity index (χ0v) is 18.0. The number of carbonyl (C=O) groups excluding carboxylic acids is 1. The molecule has 1 fully saturated rings. The van der Waals surface area contributed by atoms with Crippen molar-refractivity contribution in [1.82, 2.24) is 14.3 Å². The number of pyridine rings is 1. The molecule has 8 heteroatoms. The van der Waals surface area contributed by atoms with E-state index in [-0.39, 0.29) is 5.97 Å². The minimum atomic E-state index is -0.322. The van der Waals surface area contributed by atoms with Crippen molar-refractivity contribution in [3.8, 4) is 0 Å². The zero-order chi connectivity index (χ0) is 20.5. The summed E-state index contributed by atoms with van der Waals surface area (Å²) in [6.07, 6.45) is 1.67. The van der Waals surface area contributed by atoms with E-state index in [1.165, 1.54) is 17.1 Å². The van der Waals surface area contributed by atoms with Crippen LogP contribution in [0.25, 0.3) is 10.9 Å². The number of benzene rings is 1. The van der Waals surface area contributed by atoms with E-state index >= 15 is 0 Å². The summed E-state index contributed by atoms with van der Waals surface area (Å²) < 4.78 is 9.61. The average molecular weight is 412 g/mol. The van der Waals surface area contributed by atoms with Gasteiger partial charge in [0.25, 0.3) is 0 Å². The highest BCUT2D eigenvalue weighted by atomic mass is 32.1. The summed E-state index contributed by atoms with van der Waals surface area (Å²) in [5.74, 6) is 0.486. The highest BCUT2D eigenvalue weighted by molar-refractivity contribution is 7.09. The van der Waals surface area contributed by atoms with Crippen molar-refractivity contribution in [2.75, 3.05) is 42.6 Å². The number of hydrogen-bond donors (Lipinski definition) is 0. The summed E-state index contributed by atoms with van der Waals surface area (Å²) in [5, 5.41) is 1.96. The minimum absolute atomic E-state index is 0.322. The maximum atomic E-state index is 12.7. The molecule has 0 atom stereocenters. The summed E-state index contributed by atoms with van der Waals surface area (Å²) in [6.45, 7) is 11.5. The number of esters is 1.